The molecule has 1 aromatic heterocycles. The van der Waals surface area contributed by atoms with Crippen molar-refractivity contribution in [1.29, 1.82) is 0 Å². The molecule has 1 aromatic rings. The summed E-state index contributed by atoms with van der Waals surface area (Å²) in [6.45, 7) is 0.993. The number of amides is 2. The number of nitrogens with zero attached hydrogens (tertiary/aromatic N) is 2. The molecule has 106 valence electrons. The normalized spacial score (nSPS) is 10.3. The lowest BCUT2D eigenvalue weighted by molar-refractivity contribution is -0.137. The maximum absolute atomic E-state index is 12.0. The van der Waals surface area contributed by atoms with E-state index in [0.29, 0.717) is 19.5 Å². The van der Waals surface area contributed by atoms with E-state index < -0.39 is 5.97 Å². The summed E-state index contributed by atoms with van der Waals surface area (Å²) in [5, 5.41) is 10.6. The van der Waals surface area contributed by atoms with E-state index in [1.165, 1.54) is 0 Å². The fraction of sp³-hybridized carbons (Fsp3) is 0.500. The van der Waals surface area contributed by atoms with Crippen LogP contribution in [0, 0.1) is 0 Å². The highest BCUT2D eigenvalue weighted by Crippen LogP contribution is 2.21. The third kappa shape index (κ3) is 5.61. The summed E-state index contributed by atoms with van der Waals surface area (Å²) in [7, 11) is 3.42. The highest BCUT2D eigenvalue weighted by atomic mass is 79.9. The molecule has 1 N–H and O–H groups in total. The van der Waals surface area contributed by atoms with Gasteiger partial charge in [-0.3, -0.25) is 4.79 Å². The Bertz CT molecular complexity index is 450. The fourth-order valence-electron chi connectivity index (χ4n) is 1.62. The molecule has 0 aliphatic carbocycles. The van der Waals surface area contributed by atoms with Crippen molar-refractivity contribution in [2.24, 2.45) is 0 Å². The SMILES string of the molecule is CN(CCCC(=O)O)C(=O)N(C)Cc1csc(Br)c1. The summed E-state index contributed by atoms with van der Waals surface area (Å²) >= 11 is 4.97. The smallest absolute Gasteiger partial charge is 0.319 e. The van der Waals surface area contributed by atoms with Gasteiger partial charge in [-0.1, -0.05) is 0 Å². The van der Waals surface area contributed by atoms with Gasteiger partial charge in [0, 0.05) is 33.6 Å². The number of carbonyl (C=O) groups excluding carboxylic acids is 1. The number of halogens is 1. The monoisotopic (exact) mass is 348 g/mol. The number of carboxylic acid groups (broad SMARTS) is 1. The maximum atomic E-state index is 12.0. The molecule has 0 saturated carbocycles. The minimum absolute atomic E-state index is 0.0822. The first-order valence-corrected chi connectivity index (χ1v) is 7.48. The Labute approximate surface area is 124 Å². The van der Waals surface area contributed by atoms with Crippen LogP contribution in [0.15, 0.2) is 15.2 Å². The van der Waals surface area contributed by atoms with Crippen molar-refractivity contribution >= 4 is 39.3 Å². The summed E-state index contributed by atoms with van der Waals surface area (Å²) in [6, 6.07) is 1.88. The average Bonchev–Trinajstić information content (AvgIpc) is 2.73. The first-order chi connectivity index (χ1) is 8.90. The van der Waals surface area contributed by atoms with Crippen LogP contribution >= 0.6 is 27.3 Å². The van der Waals surface area contributed by atoms with Gasteiger partial charge in [-0.05, 0) is 39.4 Å². The molecule has 1 rings (SSSR count). The lowest BCUT2D eigenvalue weighted by atomic mass is 10.3. The molecule has 0 aromatic carbocycles. The molecule has 0 bridgehead atoms. The van der Waals surface area contributed by atoms with Gasteiger partial charge >= 0.3 is 12.0 Å². The summed E-state index contributed by atoms with van der Waals surface area (Å²) in [5.74, 6) is -0.836. The van der Waals surface area contributed by atoms with E-state index in [0.717, 1.165) is 9.35 Å². The Kier molecular flexibility index (Phi) is 6.30. The lowest BCUT2D eigenvalue weighted by Gasteiger charge is -2.24. The number of hydrogen-bond donors (Lipinski definition) is 1. The van der Waals surface area contributed by atoms with E-state index in [-0.39, 0.29) is 12.5 Å². The zero-order valence-electron chi connectivity index (χ0n) is 10.9. The van der Waals surface area contributed by atoms with E-state index >= 15 is 0 Å². The second kappa shape index (κ2) is 7.49. The van der Waals surface area contributed by atoms with Gasteiger partial charge in [0.2, 0.25) is 0 Å². The molecule has 1 heterocycles. The predicted molar refractivity (Wildman–Crippen MR) is 78.4 cm³/mol. The fourth-order valence-corrected chi connectivity index (χ4v) is 2.83. The molecule has 19 heavy (non-hydrogen) atoms. The Morgan fingerprint density at radius 1 is 1.37 bits per heavy atom. The molecule has 0 atom stereocenters. The van der Waals surface area contributed by atoms with Crippen molar-refractivity contribution in [3.63, 3.8) is 0 Å². The van der Waals surface area contributed by atoms with Gasteiger partial charge in [0.1, 0.15) is 0 Å². The van der Waals surface area contributed by atoms with E-state index in [1.54, 1.807) is 35.2 Å². The number of rotatable bonds is 6. The zero-order valence-corrected chi connectivity index (χ0v) is 13.3. The Balaban J connectivity index is 2.40. The third-order valence-corrected chi connectivity index (χ3v) is 4.13. The molecule has 0 unspecified atom stereocenters. The van der Waals surface area contributed by atoms with Crippen LogP contribution in [0.4, 0.5) is 4.79 Å². The van der Waals surface area contributed by atoms with Gasteiger partial charge < -0.3 is 14.9 Å². The zero-order chi connectivity index (χ0) is 14.4. The van der Waals surface area contributed by atoms with Crippen LogP contribution in [-0.2, 0) is 11.3 Å². The molecular weight excluding hydrogens is 332 g/mol. The average molecular weight is 349 g/mol. The molecule has 0 spiro atoms. The molecule has 0 aliphatic rings. The standard InChI is InChI=1S/C12H17BrN2O3S/c1-14(5-3-4-11(16)17)12(18)15(2)7-9-6-10(13)19-8-9/h6,8H,3-5,7H2,1-2H3,(H,16,17). The van der Waals surface area contributed by atoms with Crippen molar-refractivity contribution in [3.8, 4) is 0 Å². The van der Waals surface area contributed by atoms with Crippen molar-refractivity contribution in [2.45, 2.75) is 19.4 Å². The van der Waals surface area contributed by atoms with Crippen molar-refractivity contribution < 1.29 is 14.7 Å². The van der Waals surface area contributed by atoms with Gasteiger partial charge in [-0.2, -0.15) is 0 Å². The molecule has 0 radical (unpaired) electrons. The number of thiophene rings is 1. The number of carboxylic acids is 1. The van der Waals surface area contributed by atoms with E-state index in [4.69, 9.17) is 5.11 Å². The van der Waals surface area contributed by atoms with Crippen molar-refractivity contribution in [1.82, 2.24) is 9.80 Å². The second-order valence-corrected chi connectivity index (χ2v) is 6.61. The highest BCUT2D eigenvalue weighted by Gasteiger charge is 2.15. The van der Waals surface area contributed by atoms with Gasteiger partial charge in [0.05, 0.1) is 3.79 Å². The lowest BCUT2D eigenvalue weighted by Crippen LogP contribution is -2.38. The van der Waals surface area contributed by atoms with Gasteiger partial charge in [0.25, 0.3) is 0 Å². The summed E-state index contributed by atoms with van der Waals surface area (Å²) < 4.78 is 1.04. The number of carbonyl (C=O) groups is 2. The molecule has 7 heteroatoms. The molecule has 0 fully saturated rings. The van der Waals surface area contributed by atoms with Crippen LogP contribution in [0.25, 0.3) is 0 Å². The number of urea groups is 1. The van der Waals surface area contributed by atoms with Crippen LogP contribution in [0.3, 0.4) is 0 Å². The second-order valence-electron chi connectivity index (χ2n) is 4.32. The first-order valence-electron chi connectivity index (χ1n) is 5.81. The van der Waals surface area contributed by atoms with Gasteiger partial charge in [0.15, 0.2) is 0 Å². The minimum atomic E-state index is -0.836. The van der Waals surface area contributed by atoms with Gasteiger partial charge in [-0.15, -0.1) is 11.3 Å². The highest BCUT2D eigenvalue weighted by molar-refractivity contribution is 9.11. The van der Waals surface area contributed by atoms with Crippen molar-refractivity contribution in [2.75, 3.05) is 20.6 Å². The van der Waals surface area contributed by atoms with Gasteiger partial charge in [-0.25, -0.2) is 4.79 Å². The largest absolute Gasteiger partial charge is 0.481 e. The number of aliphatic carboxylic acids is 1. The summed E-state index contributed by atoms with van der Waals surface area (Å²) in [6.07, 6.45) is 0.550. The summed E-state index contributed by atoms with van der Waals surface area (Å²) in [5.41, 5.74) is 1.08. The van der Waals surface area contributed by atoms with Crippen LogP contribution < -0.4 is 0 Å². The molecule has 2 amide bonds. The molecule has 0 aliphatic heterocycles. The Morgan fingerprint density at radius 3 is 2.58 bits per heavy atom. The third-order valence-electron chi connectivity index (χ3n) is 2.58. The molecule has 0 saturated heterocycles. The quantitative estimate of drug-likeness (QED) is 0.859. The van der Waals surface area contributed by atoms with E-state index in [1.807, 2.05) is 11.4 Å². The topological polar surface area (TPSA) is 60.9 Å². The predicted octanol–water partition coefficient (Wildman–Crippen LogP) is 2.86. The Hall–Kier alpha value is -1.08. The van der Waals surface area contributed by atoms with Crippen LogP contribution in [0.2, 0.25) is 0 Å². The van der Waals surface area contributed by atoms with E-state index in [9.17, 15) is 9.59 Å². The summed E-state index contributed by atoms with van der Waals surface area (Å²) in [4.78, 5) is 25.6. The molecular formula is C12H17BrN2O3S. The minimum Gasteiger partial charge on any atom is -0.481 e. The van der Waals surface area contributed by atoms with Crippen LogP contribution in [-0.4, -0.2) is 47.5 Å². The Morgan fingerprint density at radius 2 is 2.05 bits per heavy atom. The van der Waals surface area contributed by atoms with Crippen LogP contribution in [0.5, 0.6) is 0 Å². The maximum Gasteiger partial charge on any atom is 0.319 e. The number of hydrogen-bond acceptors (Lipinski definition) is 3. The first kappa shape index (κ1) is 16.0. The molecule has 5 nitrogen and oxygen atoms in total. The van der Waals surface area contributed by atoms with Crippen molar-refractivity contribution in [3.05, 3.63) is 20.8 Å². The van der Waals surface area contributed by atoms with Crippen LogP contribution in [0.1, 0.15) is 18.4 Å². The van der Waals surface area contributed by atoms with E-state index in [2.05, 4.69) is 15.9 Å².